The highest BCUT2D eigenvalue weighted by molar-refractivity contribution is 6.33. The molecule has 2 heterocycles. The number of hydrogen-bond acceptors (Lipinski definition) is 4. The molecule has 0 amide bonds. The molecule has 0 radical (unpaired) electrons. The Kier molecular flexibility index (Phi) is 4.38. The average molecular weight is 344 g/mol. The molecule has 1 fully saturated rings. The van der Waals surface area contributed by atoms with E-state index in [-0.39, 0.29) is 5.28 Å². The molecule has 1 aliphatic heterocycles. The summed E-state index contributed by atoms with van der Waals surface area (Å²) in [7, 11) is 0. The molecular weight excluding hydrogens is 331 g/mol. The predicted octanol–water partition coefficient (Wildman–Crippen LogP) is 3.76. The molecule has 1 aliphatic rings. The third-order valence-corrected chi connectivity index (χ3v) is 4.17. The molecular formula is C14H13Cl3N4. The Morgan fingerprint density at radius 3 is 2.14 bits per heavy atom. The van der Waals surface area contributed by atoms with Crippen LogP contribution in [-0.2, 0) is 0 Å². The van der Waals surface area contributed by atoms with E-state index in [4.69, 9.17) is 34.8 Å². The quantitative estimate of drug-likeness (QED) is 0.777. The van der Waals surface area contributed by atoms with Crippen molar-refractivity contribution in [3.05, 3.63) is 45.8 Å². The van der Waals surface area contributed by atoms with Gasteiger partial charge < -0.3 is 9.80 Å². The Hall–Kier alpha value is -1.23. The zero-order valence-electron chi connectivity index (χ0n) is 11.1. The smallest absolute Gasteiger partial charge is 0.224 e. The van der Waals surface area contributed by atoms with Crippen LogP contribution in [0.25, 0.3) is 0 Å². The second-order valence-corrected chi connectivity index (χ2v) is 5.94. The maximum Gasteiger partial charge on any atom is 0.224 e. The van der Waals surface area contributed by atoms with Crippen molar-refractivity contribution in [3.63, 3.8) is 0 Å². The third kappa shape index (κ3) is 3.34. The molecule has 0 atom stereocenters. The number of piperazine rings is 1. The number of hydrogen-bond donors (Lipinski definition) is 0. The average Bonchev–Trinajstić information content (AvgIpc) is 2.51. The van der Waals surface area contributed by atoms with Crippen molar-refractivity contribution in [2.75, 3.05) is 36.0 Å². The molecule has 21 heavy (non-hydrogen) atoms. The first-order valence-corrected chi connectivity index (χ1v) is 7.70. The first-order chi connectivity index (χ1) is 10.1. The van der Waals surface area contributed by atoms with Crippen molar-refractivity contribution < 1.29 is 0 Å². The van der Waals surface area contributed by atoms with Gasteiger partial charge in [0.05, 0.1) is 6.20 Å². The van der Waals surface area contributed by atoms with Gasteiger partial charge in [0, 0.05) is 36.9 Å². The van der Waals surface area contributed by atoms with Gasteiger partial charge in [-0.2, -0.15) is 4.98 Å². The maximum atomic E-state index is 6.15. The zero-order valence-corrected chi connectivity index (χ0v) is 13.4. The fraction of sp³-hybridized carbons (Fsp3) is 0.286. The Morgan fingerprint density at radius 1 is 0.857 bits per heavy atom. The van der Waals surface area contributed by atoms with Crippen molar-refractivity contribution in [2.24, 2.45) is 0 Å². The summed E-state index contributed by atoms with van der Waals surface area (Å²) in [4.78, 5) is 12.5. The number of benzene rings is 1. The van der Waals surface area contributed by atoms with Gasteiger partial charge in [0.2, 0.25) is 5.28 Å². The normalized spacial score (nSPS) is 15.4. The summed E-state index contributed by atoms with van der Waals surface area (Å²) in [6.45, 7) is 3.44. The van der Waals surface area contributed by atoms with Gasteiger partial charge in [-0.15, -0.1) is 0 Å². The molecule has 0 unspecified atom stereocenters. The van der Waals surface area contributed by atoms with Crippen molar-refractivity contribution in [1.82, 2.24) is 9.97 Å². The van der Waals surface area contributed by atoms with Crippen LogP contribution in [0.15, 0.2) is 30.5 Å². The Bertz CT molecular complexity index is 625. The standard InChI is InChI=1S/C14H13Cl3N4/c15-10-1-3-11(4-2-10)20-5-7-21(8-6-20)13-12(16)9-18-14(17)19-13/h1-4,9H,5-8H2. The molecule has 0 bridgehead atoms. The van der Waals surface area contributed by atoms with E-state index in [1.165, 1.54) is 11.9 Å². The zero-order chi connectivity index (χ0) is 14.8. The lowest BCUT2D eigenvalue weighted by Crippen LogP contribution is -2.47. The Labute approximate surface area is 138 Å². The molecule has 7 heteroatoms. The Balaban J connectivity index is 1.70. The first kappa shape index (κ1) is 14.7. The van der Waals surface area contributed by atoms with Gasteiger partial charge in [0.1, 0.15) is 5.02 Å². The summed E-state index contributed by atoms with van der Waals surface area (Å²) < 4.78 is 0. The van der Waals surface area contributed by atoms with Crippen molar-refractivity contribution in [3.8, 4) is 0 Å². The summed E-state index contributed by atoms with van der Waals surface area (Å²) in [5.41, 5.74) is 1.17. The molecule has 0 spiro atoms. The summed E-state index contributed by atoms with van der Waals surface area (Å²) in [6, 6.07) is 7.88. The maximum absolute atomic E-state index is 6.15. The van der Waals surface area contributed by atoms with Crippen LogP contribution in [0, 0.1) is 0 Å². The molecule has 0 N–H and O–H groups in total. The van der Waals surface area contributed by atoms with Gasteiger partial charge in [-0.05, 0) is 35.9 Å². The van der Waals surface area contributed by atoms with Crippen molar-refractivity contribution in [2.45, 2.75) is 0 Å². The van der Waals surface area contributed by atoms with Crippen molar-refractivity contribution in [1.29, 1.82) is 0 Å². The molecule has 110 valence electrons. The number of rotatable bonds is 2. The minimum absolute atomic E-state index is 0.217. The van der Waals surface area contributed by atoms with Gasteiger partial charge in [-0.3, -0.25) is 0 Å². The Morgan fingerprint density at radius 2 is 1.48 bits per heavy atom. The minimum atomic E-state index is 0.217. The SMILES string of the molecule is Clc1ccc(N2CCN(c3nc(Cl)ncc3Cl)CC2)cc1. The predicted molar refractivity (Wildman–Crippen MR) is 87.9 cm³/mol. The van der Waals surface area contributed by atoms with Gasteiger partial charge in [-0.1, -0.05) is 23.2 Å². The summed E-state index contributed by atoms with van der Waals surface area (Å²) >= 11 is 17.9. The molecule has 0 saturated carbocycles. The van der Waals surface area contributed by atoms with Crippen LogP contribution < -0.4 is 9.80 Å². The first-order valence-electron chi connectivity index (χ1n) is 6.57. The van der Waals surface area contributed by atoms with Crippen LogP contribution in [0.4, 0.5) is 11.5 Å². The second-order valence-electron chi connectivity index (χ2n) is 4.76. The summed E-state index contributed by atoms with van der Waals surface area (Å²) in [6.07, 6.45) is 1.54. The topological polar surface area (TPSA) is 32.3 Å². The van der Waals surface area contributed by atoms with Crippen LogP contribution in [0.5, 0.6) is 0 Å². The summed E-state index contributed by atoms with van der Waals surface area (Å²) in [5, 5.41) is 1.49. The van der Waals surface area contributed by atoms with Crippen LogP contribution in [0.2, 0.25) is 15.3 Å². The van der Waals surface area contributed by atoms with Gasteiger partial charge in [0.25, 0.3) is 0 Å². The van der Waals surface area contributed by atoms with E-state index in [0.29, 0.717) is 10.8 Å². The van der Waals surface area contributed by atoms with Crippen molar-refractivity contribution >= 4 is 46.3 Å². The van der Waals surface area contributed by atoms with Crippen LogP contribution in [0.1, 0.15) is 0 Å². The van der Waals surface area contributed by atoms with Gasteiger partial charge in [0.15, 0.2) is 5.82 Å². The fourth-order valence-electron chi connectivity index (χ4n) is 2.39. The van der Waals surface area contributed by atoms with Gasteiger partial charge >= 0.3 is 0 Å². The van der Waals surface area contributed by atoms with E-state index in [0.717, 1.165) is 31.2 Å². The monoisotopic (exact) mass is 342 g/mol. The minimum Gasteiger partial charge on any atom is -0.368 e. The molecule has 1 aromatic carbocycles. The number of halogens is 3. The number of anilines is 2. The third-order valence-electron chi connectivity index (χ3n) is 3.47. The highest BCUT2D eigenvalue weighted by Gasteiger charge is 2.20. The lowest BCUT2D eigenvalue weighted by atomic mass is 10.2. The van der Waals surface area contributed by atoms with Crippen LogP contribution in [-0.4, -0.2) is 36.1 Å². The van der Waals surface area contributed by atoms with Crippen LogP contribution >= 0.6 is 34.8 Å². The lowest BCUT2D eigenvalue weighted by molar-refractivity contribution is 0.647. The van der Waals surface area contributed by atoms with E-state index in [1.54, 1.807) is 0 Å². The molecule has 4 nitrogen and oxygen atoms in total. The van der Waals surface area contributed by atoms with E-state index >= 15 is 0 Å². The molecule has 3 rings (SSSR count). The van der Waals surface area contributed by atoms with E-state index in [1.807, 2.05) is 24.3 Å². The number of nitrogens with zero attached hydrogens (tertiary/aromatic N) is 4. The second kappa shape index (κ2) is 6.26. The molecule has 1 saturated heterocycles. The lowest BCUT2D eigenvalue weighted by Gasteiger charge is -2.37. The van der Waals surface area contributed by atoms with E-state index < -0.39 is 0 Å². The molecule has 0 aliphatic carbocycles. The highest BCUT2D eigenvalue weighted by Crippen LogP contribution is 2.26. The fourth-order valence-corrected chi connectivity index (χ4v) is 2.85. The van der Waals surface area contributed by atoms with E-state index in [9.17, 15) is 0 Å². The number of aromatic nitrogens is 2. The molecule has 1 aromatic heterocycles. The molecule has 2 aromatic rings. The summed E-state index contributed by atoms with van der Waals surface area (Å²) in [5.74, 6) is 0.701. The largest absolute Gasteiger partial charge is 0.368 e. The van der Waals surface area contributed by atoms with Crippen LogP contribution in [0.3, 0.4) is 0 Å². The highest BCUT2D eigenvalue weighted by atomic mass is 35.5. The van der Waals surface area contributed by atoms with E-state index in [2.05, 4.69) is 19.8 Å². The van der Waals surface area contributed by atoms with Gasteiger partial charge in [-0.25, -0.2) is 4.98 Å².